The fourth-order valence-corrected chi connectivity index (χ4v) is 2.37. The number of rotatable bonds is 3. The molecule has 1 aliphatic heterocycles. The predicted octanol–water partition coefficient (Wildman–Crippen LogP) is 2.38. The number of hydrogen-bond acceptors (Lipinski definition) is 3. The van der Waals surface area contributed by atoms with Crippen LogP contribution in [0.1, 0.15) is 32.3 Å². The Morgan fingerprint density at radius 1 is 1.35 bits per heavy atom. The summed E-state index contributed by atoms with van der Waals surface area (Å²) in [5.41, 5.74) is 0.741. The van der Waals surface area contributed by atoms with Crippen LogP contribution in [-0.4, -0.2) is 29.4 Å². The summed E-state index contributed by atoms with van der Waals surface area (Å²) in [6.07, 6.45) is 1.37. The second kappa shape index (κ2) is 5.65. The smallest absolute Gasteiger partial charge is 0.318 e. The Balaban J connectivity index is 1.95. The first kappa shape index (κ1) is 14.6. The average molecular weight is 275 g/mol. The molecule has 0 spiro atoms. The molecule has 0 radical (unpaired) electrons. The van der Waals surface area contributed by atoms with Gasteiger partial charge in [0.25, 0.3) is 0 Å². The maximum absolute atomic E-state index is 12.2. The van der Waals surface area contributed by atoms with Crippen LogP contribution in [0.4, 0.5) is 0 Å². The lowest BCUT2D eigenvalue weighted by Crippen LogP contribution is -2.53. The van der Waals surface area contributed by atoms with E-state index in [0.29, 0.717) is 6.42 Å². The zero-order valence-corrected chi connectivity index (χ0v) is 12.3. The zero-order valence-electron chi connectivity index (χ0n) is 12.3. The average Bonchev–Trinajstić information content (AvgIpc) is 2.44. The number of ether oxygens (including phenoxy) is 1. The topological polar surface area (TPSA) is 46.6 Å². The van der Waals surface area contributed by atoms with Gasteiger partial charge in [0.1, 0.15) is 12.5 Å². The van der Waals surface area contributed by atoms with Crippen LogP contribution >= 0.6 is 0 Å². The van der Waals surface area contributed by atoms with Crippen LogP contribution < -0.4 is 0 Å². The van der Waals surface area contributed by atoms with Crippen molar-refractivity contribution >= 4 is 11.9 Å². The number of carbonyl (C=O) groups excluding carboxylic acids is 2. The van der Waals surface area contributed by atoms with Crippen LogP contribution in [0.25, 0.3) is 0 Å². The van der Waals surface area contributed by atoms with Crippen molar-refractivity contribution < 1.29 is 14.3 Å². The van der Waals surface area contributed by atoms with E-state index in [2.05, 4.69) is 0 Å². The Morgan fingerprint density at radius 2 is 2.00 bits per heavy atom. The first-order chi connectivity index (χ1) is 9.42. The van der Waals surface area contributed by atoms with Gasteiger partial charge in [-0.2, -0.15) is 0 Å². The Labute approximate surface area is 119 Å². The highest BCUT2D eigenvalue weighted by molar-refractivity contribution is 5.98. The van der Waals surface area contributed by atoms with Crippen LogP contribution in [0.15, 0.2) is 30.3 Å². The molecule has 1 saturated heterocycles. The maximum atomic E-state index is 12.2. The van der Waals surface area contributed by atoms with Gasteiger partial charge in [0.05, 0.1) is 0 Å². The third-order valence-electron chi connectivity index (χ3n) is 4.09. The third kappa shape index (κ3) is 3.00. The maximum Gasteiger partial charge on any atom is 0.318 e. The highest BCUT2D eigenvalue weighted by atomic mass is 16.5. The molecular formula is C16H21NO3. The number of hydrogen-bond donors (Lipinski definition) is 0. The molecule has 1 aliphatic rings. The molecule has 1 fully saturated rings. The van der Waals surface area contributed by atoms with E-state index < -0.39 is 11.9 Å². The van der Waals surface area contributed by atoms with Crippen LogP contribution in [0.3, 0.4) is 0 Å². The molecule has 4 heteroatoms. The quantitative estimate of drug-likeness (QED) is 0.628. The minimum absolute atomic E-state index is 0.140. The largest absolute Gasteiger partial charge is 0.460 e. The third-order valence-corrected chi connectivity index (χ3v) is 4.09. The van der Waals surface area contributed by atoms with Crippen LogP contribution in [0.2, 0.25) is 0 Å². The lowest BCUT2D eigenvalue weighted by molar-refractivity contribution is -0.162. The Kier molecular flexibility index (Phi) is 4.12. The fraction of sp³-hybridized carbons (Fsp3) is 0.500. The predicted molar refractivity (Wildman–Crippen MR) is 75.8 cm³/mol. The second-order valence-electron chi connectivity index (χ2n) is 5.89. The summed E-state index contributed by atoms with van der Waals surface area (Å²) < 4.78 is 5.27. The van der Waals surface area contributed by atoms with Crippen molar-refractivity contribution in [2.24, 2.45) is 5.92 Å². The molecule has 1 heterocycles. The molecule has 1 amide bonds. The molecule has 1 atom stereocenters. The van der Waals surface area contributed by atoms with E-state index in [1.807, 2.05) is 44.2 Å². The number of amides is 1. The van der Waals surface area contributed by atoms with Gasteiger partial charge in [-0.05, 0) is 32.3 Å². The molecule has 0 aromatic heterocycles. The number of piperidine rings is 1. The normalized spacial score (nSPS) is 21.6. The van der Waals surface area contributed by atoms with Gasteiger partial charge in [-0.25, -0.2) is 0 Å². The Bertz CT molecular complexity index is 496. The van der Waals surface area contributed by atoms with E-state index in [1.165, 1.54) is 0 Å². The van der Waals surface area contributed by atoms with Gasteiger partial charge in [0.2, 0.25) is 5.91 Å². The minimum atomic E-state index is -0.656. The van der Waals surface area contributed by atoms with E-state index in [4.69, 9.17) is 4.74 Å². The van der Waals surface area contributed by atoms with Crippen molar-refractivity contribution in [2.45, 2.75) is 38.8 Å². The number of benzene rings is 1. The summed E-state index contributed by atoms with van der Waals surface area (Å²) in [5.74, 6) is -1.21. The van der Waals surface area contributed by atoms with Crippen LogP contribution in [0, 0.1) is 5.92 Å². The molecule has 1 aromatic rings. The summed E-state index contributed by atoms with van der Waals surface area (Å²) in [4.78, 5) is 25.9. The van der Waals surface area contributed by atoms with Crippen LogP contribution in [-0.2, 0) is 20.9 Å². The van der Waals surface area contributed by atoms with Gasteiger partial charge in [-0.1, -0.05) is 30.3 Å². The molecule has 0 N–H and O–H groups in total. The fourth-order valence-electron chi connectivity index (χ4n) is 2.37. The number of nitrogens with zero attached hydrogens (tertiary/aromatic N) is 1. The lowest BCUT2D eigenvalue weighted by atomic mass is 9.84. The molecule has 20 heavy (non-hydrogen) atoms. The van der Waals surface area contributed by atoms with E-state index in [1.54, 1.807) is 11.9 Å². The van der Waals surface area contributed by atoms with E-state index >= 15 is 0 Å². The number of likely N-dealkylation sites (tertiary alicyclic amines) is 1. The first-order valence-corrected chi connectivity index (χ1v) is 6.90. The van der Waals surface area contributed by atoms with E-state index in [0.717, 1.165) is 12.0 Å². The van der Waals surface area contributed by atoms with Gasteiger partial charge in [0.15, 0.2) is 0 Å². The minimum Gasteiger partial charge on any atom is -0.460 e. The van der Waals surface area contributed by atoms with E-state index in [-0.39, 0.29) is 18.1 Å². The lowest BCUT2D eigenvalue weighted by Gasteiger charge is -2.42. The standard InChI is InChI=1S/C16H21NO3/c1-16(2)10-9-13(14(18)17(16)3)15(19)20-11-12-7-5-4-6-8-12/h4-8,13H,9-11H2,1-3H3/t13-/m0/s1. The van der Waals surface area contributed by atoms with Crippen molar-refractivity contribution in [1.82, 2.24) is 4.90 Å². The van der Waals surface area contributed by atoms with Gasteiger partial charge in [0, 0.05) is 12.6 Å². The second-order valence-corrected chi connectivity index (χ2v) is 5.89. The molecule has 2 rings (SSSR count). The van der Waals surface area contributed by atoms with Crippen molar-refractivity contribution in [2.75, 3.05) is 7.05 Å². The summed E-state index contributed by atoms with van der Waals surface area (Å²) in [6, 6.07) is 9.49. The molecule has 4 nitrogen and oxygen atoms in total. The SMILES string of the molecule is CN1C(=O)[C@@H](C(=O)OCc2ccccc2)CCC1(C)C. The molecule has 0 bridgehead atoms. The monoisotopic (exact) mass is 275 g/mol. The number of esters is 1. The Morgan fingerprint density at radius 3 is 2.65 bits per heavy atom. The van der Waals surface area contributed by atoms with E-state index in [9.17, 15) is 9.59 Å². The van der Waals surface area contributed by atoms with Crippen molar-refractivity contribution in [3.05, 3.63) is 35.9 Å². The zero-order chi connectivity index (χ0) is 14.8. The van der Waals surface area contributed by atoms with Gasteiger partial charge >= 0.3 is 5.97 Å². The van der Waals surface area contributed by atoms with Gasteiger partial charge < -0.3 is 9.64 Å². The van der Waals surface area contributed by atoms with Gasteiger partial charge in [-0.15, -0.1) is 0 Å². The molecule has 1 aromatic carbocycles. The molecule has 108 valence electrons. The molecule has 0 saturated carbocycles. The van der Waals surface area contributed by atoms with Crippen molar-refractivity contribution in [3.63, 3.8) is 0 Å². The van der Waals surface area contributed by atoms with Gasteiger partial charge in [-0.3, -0.25) is 9.59 Å². The summed E-state index contributed by atoms with van der Waals surface area (Å²) in [5, 5.41) is 0. The number of carbonyl (C=O) groups is 2. The van der Waals surface area contributed by atoms with Crippen LogP contribution in [0.5, 0.6) is 0 Å². The highest BCUT2D eigenvalue weighted by Crippen LogP contribution is 2.30. The van der Waals surface area contributed by atoms with Crippen molar-refractivity contribution in [3.8, 4) is 0 Å². The highest BCUT2D eigenvalue weighted by Gasteiger charge is 2.41. The molecule has 0 aliphatic carbocycles. The summed E-state index contributed by atoms with van der Waals surface area (Å²) >= 11 is 0. The summed E-state index contributed by atoms with van der Waals surface area (Å²) in [7, 11) is 1.75. The molecular weight excluding hydrogens is 254 g/mol. The Hall–Kier alpha value is -1.84. The van der Waals surface area contributed by atoms with Crippen molar-refractivity contribution in [1.29, 1.82) is 0 Å². The summed E-state index contributed by atoms with van der Waals surface area (Å²) in [6.45, 7) is 4.24. The molecule has 0 unspecified atom stereocenters. The first-order valence-electron chi connectivity index (χ1n) is 6.90.